The lowest BCUT2D eigenvalue weighted by atomic mass is 9.93. The van der Waals surface area contributed by atoms with E-state index >= 15 is 0 Å². The maximum atomic E-state index is 13.4. The van der Waals surface area contributed by atoms with E-state index in [-0.39, 0.29) is 57.1 Å². The number of aliphatic hydroxyl groups is 1. The van der Waals surface area contributed by atoms with Gasteiger partial charge in [0, 0.05) is 39.8 Å². The van der Waals surface area contributed by atoms with Crippen molar-refractivity contribution in [3.8, 4) is 11.5 Å². The van der Waals surface area contributed by atoms with Gasteiger partial charge in [-0.2, -0.15) is 0 Å². The van der Waals surface area contributed by atoms with Crippen LogP contribution in [0.2, 0.25) is 0 Å². The fraction of sp³-hybridized carbons (Fsp3) is 0.639. The molecule has 1 aliphatic carbocycles. The normalized spacial score (nSPS) is 23.3. The molecule has 2 fully saturated rings. The lowest BCUT2D eigenvalue weighted by Crippen LogP contribution is -2.59. The standard InChI is InChI=1S/C36H50N4O13/c1-47-19-6-17-37-18-20-48-33-16-11-26(21-31(33)37)24-49-34-23-38(35(42)10-5-9-30(53-40(45)46)25-50-39(43)44)22-32(41)36(34)52-29-14-12-28(13-15-29)51-27-7-3-2-4-8-27/h2-4,7-8,11,16,21,28-30,32,34,36,41H,5-6,9-10,12-15,17-20,22-25H2,1H3. The smallest absolute Gasteiger partial charge is 0.294 e. The molecule has 53 heavy (non-hydrogen) atoms. The second-order valence-corrected chi connectivity index (χ2v) is 13.5. The van der Waals surface area contributed by atoms with Crippen molar-refractivity contribution >= 4 is 11.6 Å². The van der Waals surface area contributed by atoms with Gasteiger partial charge in [0.05, 0.1) is 31.0 Å². The first-order chi connectivity index (χ1) is 25.7. The highest BCUT2D eigenvalue weighted by atomic mass is 17.0. The van der Waals surface area contributed by atoms with Crippen molar-refractivity contribution in [3.63, 3.8) is 0 Å². The molecule has 1 saturated carbocycles. The maximum Gasteiger partial charge on any atom is 0.294 e. The van der Waals surface area contributed by atoms with Crippen molar-refractivity contribution in [1.29, 1.82) is 0 Å². The van der Waals surface area contributed by atoms with E-state index in [0.29, 0.717) is 13.2 Å². The van der Waals surface area contributed by atoms with Crippen LogP contribution in [0.1, 0.15) is 56.9 Å². The van der Waals surface area contributed by atoms with Gasteiger partial charge in [0.15, 0.2) is 0 Å². The number of amides is 1. The monoisotopic (exact) mass is 746 g/mol. The number of likely N-dealkylation sites (tertiary alicyclic amines) is 1. The minimum atomic E-state index is -1.21. The Morgan fingerprint density at radius 2 is 1.79 bits per heavy atom. The summed E-state index contributed by atoms with van der Waals surface area (Å²) in [6.45, 7) is 2.55. The summed E-state index contributed by atoms with van der Waals surface area (Å²) in [5.74, 6) is 1.32. The summed E-state index contributed by atoms with van der Waals surface area (Å²) in [5, 5.41) is 30.8. The van der Waals surface area contributed by atoms with Crippen LogP contribution in [0.4, 0.5) is 5.69 Å². The molecule has 0 bridgehead atoms. The number of aliphatic hydroxyl groups excluding tert-OH is 1. The zero-order valence-corrected chi connectivity index (χ0v) is 30.0. The van der Waals surface area contributed by atoms with Gasteiger partial charge in [-0.25, -0.2) is 0 Å². The quantitative estimate of drug-likeness (QED) is 0.117. The summed E-state index contributed by atoms with van der Waals surface area (Å²) in [5.41, 5.74) is 1.87. The molecule has 0 spiro atoms. The first kappa shape index (κ1) is 39.8. The van der Waals surface area contributed by atoms with Crippen LogP contribution < -0.4 is 14.4 Å². The van der Waals surface area contributed by atoms with Crippen LogP contribution >= 0.6 is 0 Å². The third-order valence-electron chi connectivity index (χ3n) is 9.66. The van der Waals surface area contributed by atoms with Crippen LogP contribution in [0.25, 0.3) is 0 Å². The number of β-amino-alcohol motifs (C(OH)–C–C–N with tert-alkyl or cyclic N) is 1. The van der Waals surface area contributed by atoms with Crippen molar-refractivity contribution in [1.82, 2.24) is 4.90 Å². The highest BCUT2D eigenvalue weighted by molar-refractivity contribution is 5.76. The van der Waals surface area contributed by atoms with Gasteiger partial charge < -0.3 is 48.3 Å². The minimum Gasteiger partial charge on any atom is -0.490 e. The van der Waals surface area contributed by atoms with E-state index in [1.807, 2.05) is 48.5 Å². The number of fused-ring (bicyclic) bond motifs is 1. The number of rotatable bonds is 20. The molecule has 4 unspecified atom stereocenters. The molecule has 5 rings (SSSR count). The SMILES string of the molecule is COCCCN1CCOc2ccc(COC3CN(C(=O)CCCC(CO[N+](=O)[O-])O[N+](=O)[O-])CC(O)C3OC3CCC(Oc4ccccc4)CC3)cc21. The molecule has 17 heteroatoms. The molecular formula is C36H50N4O13. The molecule has 4 atom stereocenters. The molecular weight excluding hydrogens is 696 g/mol. The number of benzene rings is 2. The molecule has 1 saturated heterocycles. The molecule has 2 aliphatic heterocycles. The molecule has 292 valence electrons. The van der Waals surface area contributed by atoms with Crippen molar-refractivity contribution in [2.24, 2.45) is 0 Å². The highest BCUT2D eigenvalue weighted by Gasteiger charge is 2.41. The van der Waals surface area contributed by atoms with Gasteiger partial charge in [-0.05, 0) is 74.8 Å². The average molecular weight is 747 g/mol. The summed E-state index contributed by atoms with van der Waals surface area (Å²) in [7, 11) is 1.68. The topological polar surface area (TPSA) is 195 Å². The van der Waals surface area contributed by atoms with Gasteiger partial charge in [-0.1, -0.05) is 24.3 Å². The predicted molar refractivity (Wildman–Crippen MR) is 188 cm³/mol. The lowest BCUT2D eigenvalue weighted by Gasteiger charge is -2.43. The van der Waals surface area contributed by atoms with Crippen molar-refractivity contribution < 1.29 is 53.4 Å². The van der Waals surface area contributed by atoms with Crippen molar-refractivity contribution in [3.05, 3.63) is 74.3 Å². The van der Waals surface area contributed by atoms with Crippen molar-refractivity contribution in [2.45, 2.75) is 94.6 Å². The molecule has 1 N–H and O–H groups in total. The molecule has 2 aromatic carbocycles. The molecule has 2 heterocycles. The van der Waals surface area contributed by atoms with Crippen LogP contribution in [0.15, 0.2) is 48.5 Å². The number of hydrogen-bond acceptors (Lipinski definition) is 14. The minimum absolute atomic E-state index is 0.0156. The molecule has 2 aromatic rings. The number of ether oxygens (including phenoxy) is 5. The van der Waals surface area contributed by atoms with Gasteiger partial charge in [-0.3, -0.25) is 4.79 Å². The molecule has 3 aliphatic rings. The first-order valence-electron chi connectivity index (χ1n) is 18.2. The van der Waals surface area contributed by atoms with E-state index in [2.05, 4.69) is 14.6 Å². The summed E-state index contributed by atoms with van der Waals surface area (Å²) >= 11 is 0. The summed E-state index contributed by atoms with van der Waals surface area (Å²) in [6, 6.07) is 15.6. The zero-order valence-electron chi connectivity index (χ0n) is 30.0. The third kappa shape index (κ3) is 12.3. The van der Waals surface area contributed by atoms with Gasteiger partial charge in [0.25, 0.3) is 10.2 Å². The van der Waals surface area contributed by atoms with E-state index in [9.17, 15) is 30.1 Å². The summed E-state index contributed by atoms with van der Waals surface area (Å²) < 4.78 is 30.3. The number of methoxy groups -OCH3 is 1. The van der Waals surface area contributed by atoms with Gasteiger partial charge in [-0.15, -0.1) is 20.2 Å². The van der Waals surface area contributed by atoms with Crippen LogP contribution in [0, 0.1) is 20.2 Å². The first-order valence-corrected chi connectivity index (χ1v) is 18.2. The largest absolute Gasteiger partial charge is 0.490 e. The van der Waals surface area contributed by atoms with Crippen LogP contribution in [-0.4, -0.2) is 116 Å². The molecule has 17 nitrogen and oxygen atoms in total. The number of para-hydroxylation sites is 1. The highest BCUT2D eigenvalue weighted by Crippen LogP contribution is 2.34. The number of nitrogens with zero attached hydrogens (tertiary/aromatic N) is 4. The van der Waals surface area contributed by atoms with Crippen LogP contribution in [0.3, 0.4) is 0 Å². The van der Waals surface area contributed by atoms with Gasteiger partial charge >= 0.3 is 0 Å². The average Bonchev–Trinajstić information content (AvgIpc) is 3.15. The number of piperidine rings is 1. The molecule has 0 radical (unpaired) electrons. The fourth-order valence-corrected chi connectivity index (χ4v) is 7.02. The second-order valence-electron chi connectivity index (χ2n) is 13.5. The maximum absolute atomic E-state index is 13.4. The Morgan fingerprint density at radius 1 is 1.02 bits per heavy atom. The number of carbonyl (C=O) groups is 1. The Kier molecular flexibility index (Phi) is 15.1. The third-order valence-corrected chi connectivity index (χ3v) is 9.66. The second kappa shape index (κ2) is 20.1. The van der Waals surface area contributed by atoms with E-state index < -0.39 is 41.2 Å². The lowest BCUT2D eigenvalue weighted by molar-refractivity contribution is -0.790. The van der Waals surface area contributed by atoms with Gasteiger partial charge in [0.2, 0.25) is 5.91 Å². The summed E-state index contributed by atoms with van der Waals surface area (Å²) in [4.78, 5) is 47.3. The zero-order chi connectivity index (χ0) is 37.6. The van der Waals surface area contributed by atoms with Gasteiger partial charge in [0.1, 0.15) is 49.1 Å². The van der Waals surface area contributed by atoms with Crippen LogP contribution in [-0.2, 0) is 35.3 Å². The Morgan fingerprint density at radius 3 is 2.53 bits per heavy atom. The molecule has 0 aromatic heterocycles. The van der Waals surface area contributed by atoms with Crippen LogP contribution in [0.5, 0.6) is 11.5 Å². The van der Waals surface area contributed by atoms with E-state index in [1.54, 1.807) is 7.11 Å². The number of anilines is 1. The molecule has 1 amide bonds. The number of carbonyl (C=O) groups excluding carboxylic acids is 1. The van der Waals surface area contributed by atoms with E-state index in [0.717, 1.165) is 67.9 Å². The summed E-state index contributed by atoms with van der Waals surface area (Å²) in [6.07, 6.45) is 0.369. The Hall–Kier alpha value is -4.45. The van der Waals surface area contributed by atoms with Crippen molar-refractivity contribution in [2.75, 3.05) is 58.0 Å². The van der Waals surface area contributed by atoms with E-state index in [1.165, 1.54) is 4.90 Å². The van der Waals surface area contributed by atoms with E-state index in [4.69, 9.17) is 23.7 Å². The Balaban J connectivity index is 1.22. The fourth-order valence-electron chi connectivity index (χ4n) is 7.02. The Bertz CT molecular complexity index is 1460. The number of hydrogen-bond donors (Lipinski definition) is 1. The predicted octanol–water partition coefficient (Wildman–Crippen LogP) is 3.74. The Labute approximate surface area is 308 Å².